The molecule has 0 aromatic carbocycles. The van der Waals surface area contributed by atoms with Gasteiger partial charge in [-0.2, -0.15) is 0 Å². The fraction of sp³-hybridized carbons (Fsp3) is 0.615. The van der Waals surface area contributed by atoms with Gasteiger partial charge in [-0.25, -0.2) is 0 Å². The highest BCUT2D eigenvalue weighted by molar-refractivity contribution is 7.09. The molecule has 0 saturated carbocycles. The molecule has 0 saturated heterocycles. The van der Waals surface area contributed by atoms with Crippen LogP contribution >= 0.6 is 11.3 Å². The smallest absolute Gasteiger partial charge is 0.129 e. The molecule has 16 heavy (non-hydrogen) atoms. The Morgan fingerprint density at radius 3 is 2.75 bits per heavy atom. The number of hydrogen-bond acceptors (Lipinski definition) is 3. The molecule has 3 heteroatoms. The maximum atomic E-state index is 10.9. The van der Waals surface area contributed by atoms with Crippen molar-refractivity contribution in [1.82, 2.24) is 4.90 Å². The number of ketones is 1. The first-order valence-electron chi connectivity index (χ1n) is 5.85. The van der Waals surface area contributed by atoms with Gasteiger partial charge in [-0.15, -0.1) is 11.3 Å². The highest BCUT2D eigenvalue weighted by atomic mass is 32.1. The van der Waals surface area contributed by atoms with Gasteiger partial charge in [0.25, 0.3) is 0 Å². The Balaban J connectivity index is 2.39. The maximum absolute atomic E-state index is 10.9. The minimum absolute atomic E-state index is 0.292. The summed E-state index contributed by atoms with van der Waals surface area (Å²) in [7, 11) is 0. The number of rotatable bonds is 7. The van der Waals surface area contributed by atoms with E-state index in [4.69, 9.17) is 0 Å². The number of hydrogen-bond donors (Lipinski definition) is 0. The molecular weight excluding hydrogens is 218 g/mol. The lowest BCUT2D eigenvalue weighted by Crippen LogP contribution is -2.31. The van der Waals surface area contributed by atoms with E-state index >= 15 is 0 Å². The second-order valence-electron chi connectivity index (χ2n) is 4.45. The van der Waals surface area contributed by atoms with E-state index in [1.165, 1.54) is 4.88 Å². The molecule has 1 aromatic rings. The first-order valence-corrected chi connectivity index (χ1v) is 6.73. The molecule has 0 aliphatic carbocycles. The van der Waals surface area contributed by atoms with Crippen molar-refractivity contribution in [3.05, 3.63) is 22.4 Å². The maximum Gasteiger partial charge on any atom is 0.129 e. The quantitative estimate of drug-likeness (QED) is 0.727. The van der Waals surface area contributed by atoms with Gasteiger partial charge < -0.3 is 4.79 Å². The molecule has 0 aliphatic heterocycles. The van der Waals surface area contributed by atoms with Crippen LogP contribution in [0.4, 0.5) is 0 Å². The van der Waals surface area contributed by atoms with Crippen LogP contribution in [0.25, 0.3) is 0 Å². The molecule has 0 fully saturated rings. The summed E-state index contributed by atoms with van der Waals surface area (Å²) in [5.41, 5.74) is 0. The van der Waals surface area contributed by atoms with Crippen LogP contribution in [0.1, 0.15) is 38.5 Å². The summed E-state index contributed by atoms with van der Waals surface area (Å²) in [6.45, 7) is 8.10. The molecule has 0 N–H and O–H groups in total. The molecule has 0 unspecified atom stereocenters. The molecule has 0 aliphatic rings. The predicted octanol–water partition coefficient (Wildman–Crippen LogP) is 3.33. The van der Waals surface area contributed by atoms with Crippen LogP contribution in [-0.2, 0) is 11.3 Å². The zero-order valence-corrected chi connectivity index (χ0v) is 11.2. The molecule has 0 spiro atoms. The summed E-state index contributed by atoms with van der Waals surface area (Å²) >= 11 is 1.80. The third kappa shape index (κ3) is 4.90. The number of nitrogens with zero attached hydrogens (tertiary/aromatic N) is 1. The van der Waals surface area contributed by atoms with Crippen molar-refractivity contribution in [3.8, 4) is 0 Å². The van der Waals surface area contributed by atoms with Gasteiger partial charge in [0.15, 0.2) is 0 Å². The topological polar surface area (TPSA) is 20.3 Å². The second kappa shape index (κ2) is 6.81. The zero-order chi connectivity index (χ0) is 12.0. The Hall–Kier alpha value is -0.670. The fourth-order valence-corrected chi connectivity index (χ4v) is 2.38. The van der Waals surface area contributed by atoms with Gasteiger partial charge in [0, 0.05) is 23.9 Å². The van der Waals surface area contributed by atoms with Gasteiger partial charge in [-0.05, 0) is 45.2 Å². The molecule has 0 amide bonds. The van der Waals surface area contributed by atoms with Crippen LogP contribution in [0.15, 0.2) is 17.5 Å². The van der Waals surface area contributed by atoms with Crippen molar-refractivity contribution in [3.63, 3.8) is 0 Å². The lowest BCUT2D eigenvalue weighted by molar-refractivity contribution is -0.117. The van der Waals surface area contributed by atoms with Crippen LogP contribution < -0.4 is 0 Å². The second-order valence-corrected chi connectivity index (χ2v) is 5.48. The van der Waals surface area contributed by atoms with E-state index in [1.807, 2.05) is 0 Å². The van der Waals surface area contributed by atoms with Gasteiger partial charge in [0.05, 0.1) is 0 Å². The Bertz CT molecular complexity index is 306. The summed E-state index contributed by atoms with van der Waals surface area (Å²) in [6.07, 6.45) is 1.67. The third-order valence-electron chi connectivity index (χ3n) is 2.64. The summed E-state index contributed by atoms with van der Waals surface area (Å²) in [4.78, 5) is 14.7. The average Bonchev–Trinajstić information content (AvgIpc) is 2.68. The third-order valence-corrected chi connectivity index (χ3v) is 3.50. The van der Waals surface area contributed by atoms with E-state index in [0.29, 0.717) is 18.2 Å². The van der Waals surface area contributed by atoms with Gasteiger partial charge in [-0.1, -0.05) is 6.07 Å². The van der Waals surface area contributed by atoms with Crippen LogP contribution in [0.3, 0.4) is 0 Å². The first-order chi connectivity index (χ1) is 7.59. The number of thiophene rings is 1. The SMILES string of the molecule is CC(=O)CCCN(Cc1cccs1)C(C)C. The van der Waals surface area contributed by atoms with Gasteiger partial charge in [0.1, 0.15) is 5.78 Å². The standard InChI is InChI=1S/C13H21NOS/c1-11(2)14(8-4-6-12(3)15)10-13-7-5-9-16-13/h5,7,9,11H,4,6,8,10H2,1-3H3. The molecule has 1 heterocycles. The summed E-state index contributed by atoms with van der Waals surface area (Å²) in [6, 6.07) is 4.80. The molecular formula is C13H21NOS. The molecule has 0 radical (unpaired) electrons. The van der Waals surface area contributed by atoms with Gasteiger partial charge >= 0.3 is 0 Å². The minimum atomic E-state index is 0.292. The minimum Gasteiger partial charge on any atom is -0.300 e. The average molecular weight is 239 g/mol. The van der Waals surface area contributed by atoms with E-state index in [9.17, 15) is 4.79 Å². The first kappa shape index (κ1) is 13.4. The van der Waals surface area contributed by atoms with Crippen LogP contribution in [0, 0.1) is 0 Å². The Kier molecular flexibility index (Phi) is 5.71. The van der Waals surface area contributed by atoms with Crippen LogP contribution in [-0.4, -0.2) is 23.3 Å². The van der Waals surface area contributed by atoms with Crippen LogP contribution in [0.2, 0.25) is 0 Å². The normalized spacial score (nSPS) is 11.3. The number of carbonyl (C=O) groups is 1. The van der Waals surface area contributed by atoms with Crippen molar-refractivity contribution in [1.29, 1.82) is 0 Å². The molecule has 90 valence electrons. The fourth-order valence-electron chi connectivity index (χ4n) is 1.65. The Morgan fingerprint density at radius 1 is 1.50 bits per heavy atom. The Labute approximate surface area is 102 Å². The largest absolute Gasteiger partial charge is 0.300 e. The van der Waals surface area contributed by atoms with Gasteiger partial charge in [0.2, 0.25) is 0 Å². The van der Waals surface area contributed by atoms with E-state index in [0.717, 1.165) is 19.5 Å². The van der Waals surface area contributed by atoms with Crippen molar-refractivity contribution in [2.45, 2.75) is 46.2 Å². The zero-order valence-electron chi connectivity index (χ0n) is 10.4. The lowest BCUT2D eigenvalue weighted by atomic mass is 10.2. The highest BCUT2D eigenvalue weighted by Crippen LogP contribution is 2.14. The van der Waals surface area contributed by atoms with Crippen LogP contribution in [0.5, 0.6) is 0 Å². The van der Waals surface area contributed by atoms with E-state index in [1.54, 1.807) is 18.3 Å². The number of carbonyl (C=O) groups excluding carboxylic acids is 1. The number of Topliss-reactive ketones (excluding diaryl/α,β-unsaturated/α-hetero) is 1. The summed E-state index contributed by atoms with van der Waals surface area (Å²) in [5.74, 6) is 0.292. The van der Waals surface area contributed by atoms with Crippen molar-refractivity contribution in [2.75, 3.05) is 6.54 Å². The van der Waals surface area contributed by atoms with Crippen molar-refractivity contribution in [2.24, 2.45) is 0 Å². The molecule has 0 atom stereocenters. The predicted molar refractivity (Wildman–Crippen MR) is 69.8 cm³/mol. The van der Waals surface area contributed by atoms with E-state index < -0.39 is 0 Å². The molecule has 0 bridgehead atoms. The highest BCUT2D eigenvalue weighted by Gasteiger charge is 2.10. The lowest BCUT2D eigenvalue weighted by Gasteiger charge is -2.25. The molecule has 2 nitrogen and oxygen atoms in total. The summed E-state index contributed by atoms with van der Waals surface area (Å²) < 4.78 is 0. The molecule has 1 aromatic heterocycles. The van der Waals surface area contributed by atoms with Crippen molar-refractivity contribution < 1.29 is 4.79 Å². The van der Waals surface area contributed by atoms with E-state index in [2.05, 4.69) is 36.3 Å². The molecule has 1 rings (SSSR count). The van der Waals surface area contributed by atoms with Crippen molar-refractivity contribution >= 4 is 17.1 Å². The van der Waals surface area contributed by atoms with Gasteiger partial charge in [-0.3, -0.25) is 4.90 Å². The summed E-state index contributed by atoms with van der Waals surface area (Å²) in [5, 5.41) is 2.11. The van der Waals surface area contributed by atoms with E-state index in [-0.39, 0.29) is 0 Å². The monoisotopic (exact) mass is 239 g/mol. The Morgan fingerprint density at radius 2 is 2.25 bits per heavy atom.